The van der Waals surface area contributed by atoms with E-state index >= 15 is 0 Å². The Labute approximate surface area is 118 Å². The van der Waals surface area contributed by atoms with Crippen molar-refractivity contribution in [2.24, 2.45) is 18.0 Å². The zero-order valence-electron chi connectivity index (χ0n) is 11.4. The van der Waals surface area contributed by atoms with Crippen molar-refractivity contribution >= 4 is 16.9 Å². The summed E-state index contributed by atoms with van der Waals surface area (Å²) in [6.07, 6.45) is 8.07. The molecule has 5 nitrogen and oxygen atoms in total. The Morgan fingerprint density at radius 2 is 2.37 bits per heavy atom. The molecule has 19 heavy (non-hydrogen) atoms. The van der Waals surface area contributed by atoms with Crippen LogP contribution in [-0.2, 0) is 13.5 Å². The summed E-state index contributed by atoms with van der Waals surface area (Å²) < 4.78 is 1.96. The van der Waals surface area contributed by atoms with E-state index in [0.717, 1.165) is 29.9 Å². The maximum absolute atomic E-state index is 4.68. The highest BCUT2D eigenvalue weighted by atomic mass is 32.2. The second-order valence-electron chi connectivity index (χ2n) is 5.40. The Kier molecular flexibility index (Phi) is 4.06. The van der Waals surface area contributed by atoms with Gasteiger partial charge in [0.1, 0.15) is 12.2 Å². The van der Waals surface area contributed by atoms with Gasteiger partial charge in [0.2, 0.25) is 0 Å². The predicted octanol–water partition coefficient (Wildman–Crippen LogP) is 1.61. The number of hydrogen-bond donors (Lipinski definition) is 1. The van der Waals surface area contributed by atoms with Crippen LogP contribution < -0.4 is 5.32 Å². The lowest BCUT2D eigenvalue weighted by Crippen LogP contribution is -2.46. The van der Waals surface area contributed by atoms with Crippen LogP contribution in [0.2, 0.25) is 0 Å². The van der Waals surface area contributed by atoms with E-state index in [4.69, 9.17) is 0 Å². The standard InChI is InChI=1S/C13H21N5S/c1-18-9-15-17-12(18)6-7-14-13-16-11-5-3-2-4-10(11)8-19-13/h9-11H,2-8H2,1H3,(H,14,16). The van der Waals surface area contributed by atoms with E-state index in [-0.39, 0.29) is 0 Å². The summed E-state index contributed by atoms with van der Waals surface area (Å²) >= 11 is 1.89. The third kappa shape index (κ3) is 3.11. The molecule has 1 aromatic rings. The maximum Gasteiger partial charge on any atom is 0.156 e. The van der Waals surface area contributed by atoms with Gasteiger partial charge in [0.15, 0.2) is 5.17 Å². The molecule has 2 fully saturated rings. The number of amidine groups is 1. The van der Waals surface area contributed by atoms with E-state index in [1.807, 2.05) is 23.4 Å². The van der Waals surface area contributed by atoms with Gasteiger partial charge in [-0.25, -0.2) is 0 Å². The largest absolute Gasteiger partial charge is 0.362 e. The fraction of sp³-hybridized carbons (Fsp3) is 0.769. The minimum Gasteiger partial charge on any atom is -0.362 e. The molecule has 1 N–H and O–H groups in total. The number of fused-ring (bicyclic) bond motifs is 1. The molecular weight excluding hydrogens is 258 g/mol. The van der Waals surface area contributed by atoms with Crippen molar-refractivity contribution in [3.8, 4) is 0 Å². The Bertz CT molecular complexity index is 456. The van der Waals surface area contributed by atoms with Gasteiger partial charge in [-0.05, 0) is 18.8 Å². The first-order valence-electron chi connectivity index (χ1n) is 7.09. The van der Waals surface area contributed by atoms with Gasteiger partial charge >= 0.3 is 0 Å². The minimum absolute atomic E-state index is 0.670. The predicted molar refractivity (Wildman–Crippen MR) is 78.3 cm³/mol. The second kappa shape index (κ2) is 5.94. The molecule has 104 valence electrons. The average molecular weight is 279 g/mol. The van der Waals surface area contributed by atoms with Crippen LogP contribution in [0.3, 0.4) is 0 Å². The van der Waals surface area contributed by atoms with Gasteiger partial charge in [0, 0.05) is 31.8 Å². The van der Waals surface area contributed by atoms with E-state index in [1.54, 1.807) is 6.33 Å². The van der Waals surface area contributed by atoms with E-state index in [9.17, 15) is 0 Å². The molecule has 2 unspecified atom stereocenters. The van der Waals surface area contributed by atoms with Crippen LogP contribution in [0.25, 0.3) is 0 Å². The van der Waals surface area contributed by atoms with Crippen molar-refractivity contribution in [1.82, 2.24) is 20.1 Å². The van der Waals surface area contributed by atoms with Crippen LogP contribution in [0.15, 0.2) is 11.3 Å². The van der Waals surface area contributed by atoms with Gasteiger partial charge in [-0.1, -0.05) is 24.6 Å². The number of nitrogens with zero attached hydrogens (tertiary/aromatic N) is 4. The molecule has 2 heterocycles. The molecule has 2 atom stereocenters. The van der Waals surface area contributed by atoms with Crippen LogP contribution >= 0.6 is 11.8 Å². The molecule has 0 amide bonds. The smallest absolute Gasteiger partial charge is 0.156 e. The molecule has 0 bridgehead atoms. The summed E-state index contributed by atoms with van der Waals surface area (Å²) in [6.45, 7) is 0.791. The average Bonchev–Trinajstić information content (AvgIpc) is 2.84. The molecule has 3 rings (SSSR count). The van der Waals surface area contributed by atoms with Gasteiger partial charge in [-0.15, -0.1) is 10.2 Å². The zero-order chi connectivity index (χ0) is 13.1. The van der Waals surface area contributed by atoms with Gasteiger partial charge in [0.25, 0.3) is 0 Å². The summed E-state index contributed by atoms with van der Waals surface area (Å²) in [5.41, 5.74) is 0. The molecule has 1 aromatic heterocycles. The van der Waals surface area contributed by atoms with Crippen LogP contribution in [-0.4, -0.2) is 38.3 Å². The summed E-state index contributed by atoms with van der Waals surface area (Å²) in [5.74, 6) is 3.10. The first-order chi connectivity index (χ1) is 9.33. The lowest BCUT2D eigenvalue weighted by atomic mass is 9.86. The monoisotopic (exact) mass is 279 g/mol. The number of nitrogens with one attached hydrogen (secondary N) is 1. The normalized spacial score (nSPS) is 29.0. The molecule has 1 saturated heterocycles. The SMILES string of the molecule is Cn1cnnc1CCN=C1NC2CCCCC2CS1. The number of aryl methyl sites for hydroxylation is 1. The fourth-order valence-corrected chi connectivity index (χ4v) is 4.05. The van der Waals surface area contributed by atoms with Crippen LogP contribution in [0.4, 0.5) is 0 Å². The number of aliphatic imine (C=N–C) groups is 1. The Balaban J connectivity index is 1.52. The molecule has 1 aliphatic carbocycles. The van der Waals surface area contributed by atoms with Crippen molar-refractivity contribution < 1.29 is 0 Å². The van der Waals surface area contributed by atoms with Gasteiger partial charge in [-0.3, -0.25) is 4.99 Å². The van der Waals surface area contributed by atoms with Crippen molar-refractivity contribution in [3.63, 3.8) is 0 Å². The van der Waals surface area contributed by atoms with Crippen molar-refractivity contribution in [2.75, 3.05) is 12.3 Å². The lowest BCUT2D eigenvalue weighted by molar-refractivity contribution is 0.311. The van der Waals surface area contributed by atoms with Gasteiger partial charge < -0.3 is 9.88 Å². The van der Waals surface area contributed by atoms with Gasteiger partial charge in [-0.2, -0.15) is 0 Å². The Hall–Kier alpha value is -1.04. The highest BCUT2D eigenvalue weighted by Gasteiger charge is 2.29. The molecule has 6 heteroatoms. The van der Waals surface area contributed by atoms with Crippen molar-refractivity contribution in [2.45, 2.75) is 38.1 Å². The number of aromatic nitrogens is 3. The Morgan fingerprint density at radius 3 is 3.21 bits per heavy atom. The van der Waals surface area contributed by atoms with Crippen molar-refractivity contribution in [3.05, 3.63) is 12.2 Å². The topological polar surface area (TPSA) is 55.1 Å². The fourth-order valence-electron chi connectivity index (χ4n) is 2.87. The molecule has 1 saturated carbocycles. The molecule has 0 aromatic carbocycles. The van der Waals surface area contributed by atoms with Crippen LogP contribution in [0.1, 0.15) is 31.5 Å². The quantitative estimate of drug-likeness (QED) is 0.913. The third-order valence-electron chi connectivity index (χ3n) is 4.05. The number of hydrogen-bond acceptors (Lipinski definition) is 4. The minimum atomic E-state index is 0.670. The summed E-state index contributed by atoms with van der Waals surface area (Å²) in [4.78, 5) is 4.68. The highest BCUT2D eigenvalue weighted by Crippen LogP contribution is 2.31. The Morgan fingerprint density at radius 1 is 1.47 bits per heavy atom. The van der Waals surface area contributed by atoms with E-state index < -0.39 is 0 Å². The lowest BCUT2D eigenvalue weighted by Gasteiger charge is -2.36. The zero-order valence-corrected chi connectivity index (χ0v) is 12.2. The number of thioether (sulfide) groups is 1. The van der Waals surface area contributed by atoms with E-state index in [1.165, 1.54) is 31.4 Å². The maximum atomic E-state index is 4.68. The molecule has 1 aliphatic heterocycles. The number of rotatable bonds is 3. The van der Waals surface area contributed by atoms with Gasteiger partial charge in [0.05, 0.1) is 0 Å². The summed E-state index contributed by atoms with van der Waals surface area (Å²) in [5, 5.41) is 12.7. The van der Waals surface area contributed by atoms with Crippen molar-refractivity contribution in [1.29, 1.82) is 0 Å². The summed E-state index contributed by atoms with van der Waals surface area (Å²) in [6, 6.07) is 0.670. The third-order valence-corrected chi connectivity index (χ3v) is 5.16. The van der Waals surface area contributed by atoms with E-state index in [0.29, 0.717) is 6.04 Å². The molecule has 0 spiro atoms. The van der Waals surface area contributed by atoms with E-state index in [2.05, 4.69) is 20.5 Å². The second-order valence-corrected chi connectivity index (χ2v) is 6.41. The summed E-state index contributed by atoms with van der Waals surface area (Å²) in [7, 11) is 1.97. The highest BCUT2D eigenvalue weighted by molar-refractivity contribution is 8.13. The molecule has 2 aliphatic rings. The first-order valence-corrected chi connectivity index (χ1v) is 8.08. The molecular formula is C13H21N5S. The molecule has 0 radical (unpaired) electrons. The van der Waals surface area contributed by atoms with Crippen LogP contribution in [0.5, 0.6) is 0 Å². The first kappa shape index (κ1) is 13.0. The van der Waals surface area contributed by atoms with Crippen LogP contribution in [0, 0.1) is 5.92 Å².